The first-order valence-corrected chi connectivity index (χ1v) is 17.3. The topological polar surface area (TPSA) is 118 Å². The van der Waals surface area contributed by atoms with Crippen molar-refractivity contribution in [2.75, 3.05) is 59.4 Å². The maximum atomic E-state index is 15.7. The van der Waals surface area contributed by atoms with E-state index in [-0.39, 0.29) is 53.9 Å². The highest BCUT2D eigenvalue weighted by molar-refractivity contribution is 5.81. The highest BCUT2D eigenvalue weighted by atomic mass is 19.1. The predicted molar refractivity (Wildman–Crippen MR) is 166 cm³/mol. The molecule has 0 radical (unpaired) electrons. The van der Waals surface area contributed by atoms with Gasteiger partial charge in [-0.2, -0.15) is 0 Å². The number of carbonyl (C=O) groups excluding carboxylic acids is 2. The van der Waals surface area contributed by atoms with E-state index in [9.17, 15) is 14.0 Å². The molecule has 6 rings (SSSR count). The summed E-state index contributed by atoms with van der Waals surface area (Å²) >= 11 is 0. The molecule has 1 spiro atoms. The summed E-state index contributed by atoms with van der Waals surface area (Å²) < 4.78 is 30.3. The van der Waals surface area contributed by atoms with Gasteiger partial charge in [-0.05, 0) is 72.5 Å². The minimum absolute atomic E-state index is 0.0511. The van der Waals surface area contributed by atoms with Gasteiger partial charge in [0.2, 0.25) is 11.8 Å². The van der Waals surface area contributed by atoms with Crippen LogP contribution in [0.15, 0.2) is 0 Å². The lowest BCUT2D eigenvalue weighted by Gasteiger charge is -2.55. The Labute approximate surface area is 261 Å². The van der Waals surface area contributed by atoms with Crippen LogP contribution in [0, 0.1) is 17.3 Å². The van der Waals surface area contributed by atoms with Crippen molar-refractivity contribution in [3.63, 3.8) is 0 Å². The van der Waals surface area contributed by atoms with Crippen LogP contribution >= 0.6 is 0 Å². The SMILES string of the molecule is CN1CCN(C(=O)C2CCN(C3C(F)CNCC3NC(=O)C3C(N)NC4CCC(F)CNC3C43CCCC3)CC2)CC1(C)C. The van der Waals surface area contributed by atoms with E-state index in [0.29, 0.717) is 38.9 Å². The number of amides is 2. The van der Waals surface area contributed by atoms with Crippen molar-refractivity contribution in [3.8, 4) is 0 Å². The van der Waals surface area contributed by atoms with Gasteiger partial charge in [0.05, 0.1) is 24.2 Å². The molecule has 5 aliphatic heterocycles. The Kier molecular flexibility index (Phi) is 9.59. The van der Waals surface area contributed by atoms with E-state index in [0.717, 1.165) is 51.7 Å². The number of nitrogens with one attached hydrogen (secondary N) is 4. The number of hydrogen-bond donors (Lipinski definition) is 5. The lowest BCUT2D eigenvalue weighted by Crippen LogP contribution is -2.75. The number of carbonyl (C=O) groups is 2. The molecule has 6 aliphatic rings. The van der Waals surface area contributed by atoms with Gasteiger partial charge in [0.25, 0.3) is 0 Å². The number of likely N-dealkylation sites (tertiary alicyclic amines) is 1. The van der Waals surface area contributed by atoms with Crippen LogP contribution in [0.25, 0.3) is 0 Å². The van der Waals surface area contributed by atoms with Crippen LogP contribution in [0.2, 0.25) is 0 Å². The Hall–Kier alpha value is -1.44. The first kappa shape index (κ1) is 32.5. The van der Waals surface area contributed by atoms with Crippen LogP contribution in [-0.2, 0) is 9.59 Å². The minimum atomic E-state index is -1.14. The molecule has 0 aromatic rings. The summed E-state index contributed by atoms with van der Waals surface area (Å²) in [6, 6.07) is -1.04. The zero-order valence-corrected chi connectivity index (χ0v) is 27.0. The van der Waals surface area contributed by atoms with Gasteiger partial charge in [-0.15, -0.1) is 0 Å². The van der Waals surface area contributed by atoms with E-state index in [4.69, 9.17) is 5.73 Å². The molecule has 0 aromatic carbocycles. The number of hydrogen-bond acceptors (Lipinski definition) is 8. The average Bonchev–Trinajstić information content (AvgIpc) is 3.48. The van der Waals surface area contributed by atoms with Crippen molar-refractivity contribution in [2.24, 2.45) is 23.0 Å². The molecule has 1 saturated carbocycles. The van der Waals surface area contributed by atoms with Gasteiger partial charge in [-0.25, -0.2) is 8.78 Å². The lowest BCUT2D eigenvalue weighted by molar-refractivity contribution is -0.142. The van der Waals surface area contributed by atoms with Crippen LogP contribution < -0.4 is 27.0 Å². The van der Waals surface area contributed by atoms with Crippen molar-refractivity contribution in [1.82, 2.24) is 36.0 Å². The van der Waals surface area contributed by atoms with Gasteiger partial charge in [-0.1, -0.05) is 12.8 Å². The number of likely N-dealkylation sites (N-methyl/N-ethyl adjacent to an activating group) is 1. The van der Waals surface area contributed by atoms with Gasteiger partial charge in [-0.3, -0.25) is 24.7 Å². The number of nitrogens with two attached hydrogens (primary N) is 1. The van der Waals surface area contributed by atoms with Gasteiger partial charge < -0.3 is 26.6 Å². The molecule has 2 bridgehead atoms. The highest BCUT2D eigenvalue weighted by Gasteiger charge is 2.57. The smallest absolute Gasteiger partial charge is 0.227 e. The third kappa shape index (κ3) is 6.15. The number of halogens is 2. The second-order valence-corrected chi connectivity index (χ2v) is 15.4. The number of alkyl halides is 2. The second kappa shape index (κ2) is 13.0. The van der Waals surface area contributed by atoms with E-state index in [1.165, 1.54) is 0 Å². The summed E-state index contributed by atoms with van der Waals surface area (Å²) in [6.45, 7) is 8.88. The Bertz CT molecular complexity index is 1040. The summed E-state index contributed by atoms with van der Waals surface area (Å²) in [7, 11) is 2.11. The number of piperidine rings is 3. The molecule has 5 heterocycles. The summed E-state index contributed by atoms with van der Waals surface area (Å²) in [4.78, 5) is 34.1. The number of piperazine rings is 1. The van der Waals surface area contributed by atoms with E-state index < -0.39 is 36.5 Å². The number of nitrogens with zero attached hydrogens (tertiary/aromatic N) is 3. The fourth-order valence-corrected chi connectivity index (χ4v) is 9.60. The molecule has 0 aromatic heterocycles. The third-order valence-corrected chi connectivity index (χ3v) is 12.4. The van der Waals surface area contributed by atoms with E-state index >= 15 is 4.39 Å². The van der Waals surface area contributed by atoms with Crippen molar-refractivity contribution >= 4 is 11.8 Å². The van der Waals surface area contributed by atoms with E-state index in [1.807, 2.05) is 4.90 Å². The Morgan fingerprint density at radius 3 is 2.39 bits per heavy atom. The molecule has 250 valence electrons. The molecule has 6 fully saturated rings. The van der Waals surface area contributed by atoms with Crippen molar-refractivity contribution < 1.29 is 18.4 Å². The molecule has 6 N–H and O–H groups in total. The third-order valence-electron chi connectivity index (χ3n) is 12.4. The van der Waals surface area contributed by atoms with Crippen LogP contribution in [0.5, 0.6) is 0 Å². The molecule has 10 nitrogen and oxygen atoms in total. The summed E-state index contributed by atoms with van der Waals surface area (Å²) in [5.41, 5.74) is 6.49. The monoisotopic (exact) mass is 622 g/mol. The first-order valence-electron chi connectivity index (χ1n) is 17.3. The van der Waals surface area contributed by atoms with Crippen LogP contribution in [0.1, 0.15) is 65.2 Å². The van der Waals surface area contributed by atoms with Gasteiger partial charge >= 0.3 is 0 Å². The average molecular weight is 623 g/mol. The molecule has 8 atom stereocenters. The van der Waals surface area contributed by atoms with Gasteiger partial charge in [0.15, 0.2) is 0 Å². The van der Waals surface area contributed by atoms with Crippen molar-refractivity contribution in [3.05, 3.63) is 0 Å². The zero-order chi connectivity index (χ0) is 31.2. The molecular weight excluding hydrogens is 566 g/mol. The molecule has 12 heteroatoms. The highest BCUT2D eigenvalue weighted by Crippen LogP contribution is 2.50. The minimum Gasteiger partial charge on any atom is -0.350 e. The standard InChI is InChI=1S/C32H56F2N8O2/c1-31(2)19-42(15-14-40(31)3)30(44)20-8-12-41(13-9-20)26-22(34)17-36-18-23(26)38-29(43)25-27-32(10-4-5-11-32)24(39-28(25)35)7-6-21(33)16-37-27/h20-28,36-37,39H,4-19,35H2,1-3H3,(H,38,43). The summed E-state index contributed by atoms with van der Waals surface area (Å²) in [6.07, 6.45) is 4.15. The van der Waals surface area contributed by atoms with Crippen LogP contribution in [-0.4, -0.2) is 134 Å². The lowest BCUT2D eigenvalue weighted by atomic mass is 9.62. The number of rotatable bonds is 4. The van der Waals surface area contributed by atoms with E-state index in [2.05, 4.69) is 52.0 Å². The second-order valence-electron chi connectivity index (χ2n) is 15.4. The van der Waals surface area contributed by atoms with Crippen molar-refractivity contribution in [2.45, 2.75) is 113 Å². The normalized spacial score (nSPS) is 40.4. The van der Waals surface area contributed by atoms with Crippen molar-refractivity contribution in [1.29, 1.82) is 0 Å². The largest absolute Gasteiger partial charge is 0.350 e. The zero-order valence-electron chi connectivity index (χ0n) is 27.0. The molecule has 8 unspecified atom stereocenters. The predicted octanol–water partition coefficient (Wildman–Crippen LogP) is 0.569. The first-order chi connectivity index (χ1) is 21.0. The Balaban J connectivity index is 1.12. The Morgan fingerprint density at radius 2 is 1.68 bits per heavy atom. The maximum absolute atomic E-state index is 15.7. The summed E-state index contributed by atoms with van der Waals surface area (Å²) in [5, 5.41) is 13.4. The van der Waals surface area contributed by atoms with Crippen LogP contribution in [0.4, 0.5) is 8.78 Å². The quantitative estimate of drug-likeness (QED) is 0.309. The van der Waals surface area contributed by atoms with Gasteiger partial charge in [0, 0.05) is 68.2 Å². The summed E-state index contributed by atoms with van der Waals surface area (Å²) in [5.74, 6) is -0.592. The molecule has 1 aliphatic carbocycles. The Morgan fingerprint density at radius 1 is 0.955 bits per heavy atom. The van der Waals surface area contributed by atoms with E-state index in [1.54, 1.807) is 0 Å². The molecule has 44 heavy (non-hydrogen) atoms. The molecule has 5 saturated heterocycles. The maximum Gasteiger partial charge on any atom is 0.227 e. The van der Waals surface area contributed by atoms with Crippen LogP contribution in [0.3, 0.4) is 0 Å². The van der Waals surface area contributed by atoms with Gasteiger partial charge in [0.1, 0.15) is 12.3 Å². The molecule has 2 amide bonds. The molecular formula is C32H56F2N8O2. The fraction of sp³-hybridized carbons (Fsp3) is 0.938. The fourth-order valence-electron chi connectivity index (χ4n) is 9.60.